The predicted molar refractivity (Wildman–Crippen MR) is 97.9 cm³/mol. The van der Waals surface area contributed by atoms with E-state index in [9.17, 15) is 9.59 Å². The quantitative estimate of drug-likeness (QED) is 0.580. The third-order valence-electron chi connectivity index (χ3n) is 3.53. The van der Waals surface area contributed by atoms with E-state index in [1.807, 2.05) is 18.2 Å². The number of hydrogen-bond donors (Lipinski definition) is 1. The van der Waals surface area contributed by atoms with Crippen LogP contribution in [0.4, 0.5) is 0 Å². The number of nitrogens with zero attached hydrogens (tertiary/aromatic N) is 1. The average Bonchev–Trinajstić information content (AvgIpc) is 2.50. The molecule has 5 nitrogen and oxygen atoms in total. The second-order valence-electron chi connectivity index (χ2n) is 5.10. The minimum Gasteiger partial charge on any atom is -0.314 e. The molecule has 7 heteroatoms. The Kier molecular flexibility index (Phi) is 5.83. The van der Waals surface area contributed by atoms with E-state index in [1.54, 1.807) is 20.0 Å². The van der Waals surface area contributed by atoms with Crippen molar-refractivity contribution in [3.63, 3.8) is 0 Å². The van der Waals surface area contributed by atoms with E-state index in [0.717, 1.165) is 9.13 Å². The number of aryl methyl sites for hydroxylation is 1. The summed E-state index contributed by atoms with van der Waals surface area (Å²) in [5.41, 5.74) is 4.46. The Balaban J connectivity index is 2.57. The summed E-state index contributed by atoms with van der Waals surface area (Å²) in [6, 6.07) is 7.25. The maximum atomic E-state index is 12.2. The number of hydrogen-bond acceptors (Lipinski definition) is 3. The fourth-order valence-corrected chi connectivity index (χ4v) is 3.26. The second-order valence-corrected chi connectivity index (χ2v) is 6.75. The molecule has 23 heavy (non-hydrogen) atoms. The first kappa shape index (κ1) is 18.0. The Labute approximate surface area is 152 Å². The molecule has 0 aliphatic heterocycles. The highest BCUT2D eigenvalue weighted by molar-refractivity contribution is 14.1. The Morgan fingerprint density at radius 3 is 2.70 bits per heavy atom. The zero-order valence-electron chi connectivity index (χ0n) is 12.9. The molecule has 0 bridgehead atoms. The molecule has 0 saturated carbocycles. The molecule has 0 aliphatic rings. The van der Waals surface area contributed by atoms with Gasteiger partial charge in [0.2, 0.25) is 0 Å². The number of nitrogens with one attached hydrogen (secondary N) is 1. The van der Waals surface area contributed by atoms with Crippen molar-refractivity contribution in [3.8, 4) is 0 Å². The van der Waals surface area contributed by atoms with Gasteiger partial charge in [0.15, 0.2) is 0 Å². The highest BCUT2D eigenvalue weighted by Crippen LogP contribution is 2.23. The van der Waals surface area contributed by atoms with Crippen LogP contribution < -0.4 is 11.0 Å². The molecule has 0 radical (unpaired) electrons. The largest absolute Gasteiger partial charge is 0.314 e. The molecule has 1 N–H and O–H groups in total. The van der Waals surface area contributed by atoms with E-state index in [4.69, 9.17) is 16.4 Å². The summed E-state index contributed by atoms with van der Waals surface area (Å²) in [6.07, 6.45) is 0.369. The number of benzene rings is 1. The van der Waals surface area contributed by atoms with Gasteiger partial charge in [-0.25, -0.2) is 5.48 Å². The lowest BCUT2D eigenvalue weighted by Gasteiger charge is -2.15. The van der Waals surface area contributed by atoms with Gasteiger partial charge < -0.3 is 4.57 Å². The number of hydroxylamine groups is 1. The lowest BCUT2D eigenvalue weighted by Crippen LogP contribution is -2.30. The van der Waals surface area contributed by atoms with E-state index < -0.39 is 5.91 Å². The Morgan fingerprint density at radius 2 is 2.09 bits per heavy atom. The van der Waals surface area contributed by atoms with Gasteiger partial charge in [0.1, 0.15) is 0 Å². The molecule has 1 heterocycles. The van der Waals surface area contributed by atoms with Crippen molar-refractivity contribution in [1.82, 2.24) is 10.0 Å². The van der Waals surface area contributed by atoms with Gasteiger partial charge in [-0.1, -0.05) is 17.7 Å². The molecule has 0 unspecified atom stereocenters. The fraction of sp³-hybridized carbons (Fsp3) is 0.250. The van der Waals surface area contributed by atoms with Gasteiger partial charge in [0, 0.05) is 33.3 Å². The number of aromatic nitrogens is 1. The highest BCUT2D eigenvalue weighted by Gasteiger charge is 2.18. The van der Waals surface area contributed by atoms with Gasteiger partial charge >= 0.3 is 0 Å². The minimum atomic E-state index is -0.400. The molecule has 1 amide bonds. The van der Waals surface area contributed by atoms with Crippen LogP contribution in [-0.4, -0.2) is 17.6 Å². The first-order valence-electron chi connectivity index (χ1n) is 6.82. The van der Waals surface area contributed by atoms with E-state index in [-0.39, 0.29) is 5.56 Å². The third kappa shape index (κ3) is 3.94. The molecule has 0 aliphatic carbocycles. The van der Waals surface area contributed by atoms with Crippen LogP contribution in [0.3, 0.4) is 0 Å². The Morgan fingerprint density at radius 1 is 1.39 bits per heavy atom. The molecule has 0 saturated heterocycles. The van der Waals surface area contributed by atoms with Crippen LogP contribution in [0.1, 0.15) is 27.2 Å². The third-order valence-corrected chi connectivity index (χ3v) is 4.55. The molecule has 2 rings (SSSR count). The number of amides is 1. The average molecular weight is 447 g/mol. The topological polar surface area (TPSA) is 60.3 Å². The number of pyridine rings is 1. The first-order valence-corrected chi connectivity index (χ1v) is 8.27. The van der Waals surface area contributed by atoms with Crippen LogP contribution in [0.5, 0.6) is 0 Å². The summed E-state index contributed by atoms with van der Waals surface area (Å²) in [4.78, 5) is 29.1. The molecule has 1 aromatic heterocycles. The van der Waals surface area contributed by atoms with Crippen LogP contribution in [-0.2, 0) is 18.3 Å². The lowest BCUT2D eigenvalue weighted by atomic mass is 10.0. The number of carbonyl (C=O) groups excluding carboxylic acids is 1. The van der Waals surface area contributed by atoms with E-state index in [0.29, 0.717) is 28.3 Å². The summed E-state index contributed by atoms with van der Waals surface area (Å²) in [6.45, 7) is 1.67. The zero-order chi connectivity index (χ0) is 17.1. The van der Waals surface area contributed by atoms with Crippen molar-refractivity contribution in [2.45, 2.75) is 13.3 Å². The van der Waals surface area contributed by atoms with Crippen LogP contribution in [0.2, 0.25) is 5.02 Å². The van der Waals surface area contributed by atoms with E-state index in [1.165, 1.54) is 11.7 Å². The summed E-state index contributed by atoms with van der Waals surface area (Å²) in [5.74, 6) is -0.400. The summed E-state index contributed by atoms with van der Waals surface area (Å²) < 4.78 is 2.50. The SMILES string of the molecule is CONC(=O)c1cc(C)c(=O)n(C)c1Cc1ccc(I)cc1Cl. The highest BCUT2D eigenvalue weighted by atomic mass is 127. The van der Waals surface area contributed by atoms with Gasteiger partial charge in [0.05, 0.1) is 12.7 Å². The van der Waals surface area contributed by atoms with Gasteiger partial charge in [0.25, 0.3) is 11.5 Å². The van der Waals surface area contributed by atoms with Crippen molar-refractivity contribution in [2.75, 3.05) is 7.11 Å². The molecule has 0 spiro atoms. The van der Waals surface area contributed by atoms with Crippen molar-refractivity contribution >= 4 is 40.1 Å². The second kappa shape index (κ2) is 7.46. The Hall–Kier alpha value is -1.38. The molecule has 2 aromatic rings. The predicted octanol–water partition coefficient (Wildman–Crippen LogP) is 2.83. The van der Waals surface area contributed by atoms with Crippen LogP contribution in [0.25, 0.3) is 0 Å². The normalized spacial score (nSPS) is 10.7. The smallest absolute Gasteiger partial charge is 0.276 e. The molecule has 122 valence electrons. The van der Waals surface area contributed by atoms with Gasteiger partial charge in [-0.2, -0.15) is 0 Å². The number of halogens is 2. The molecule has 1 aromatic carbocycles. The summed E-state index contributed by atoms with van der Waals surface area (Å²) >= 11 is 8.46. The first-order chi connectivity index (χ1) is 10.8. The summed E-state index contributed by atoms with van der Waals surface area (Å²) in [5, 5.41) is 0.600. The zero-order valence-corrected chi connectivity index (χ0v) is 15.9. The molecular weight excluding hydrogens is 431 g/mol. The standard InChI is InChI=1S/C16H16ClIN2O3/c1-9-6-12(15(21)19-23-3)14(20(2)16(9)22)7-10-4-5-11(18)8-13(10)17/h4-6,8H,7H2,1-3H3,(H,19,21). The van der Waals surface area contributed by atoms with Crippen LogP contribution >= 0.6 is 34.2 Å². The van der Waals surface area contributed by atoms with Gasteiger partial charge in [-0.05, 0) is 53.3 Å². The Bertz CT molecular complexity index is 818. The van der Waals surface area contributed by atoms with Crippen molar-refractivity contribution < 1.29 is 9.63 Å². The van der Waals surface area contributed by atoms with Crippen LogP contribution in [0, 0.1) is 10.5 Å². The maximum absolute atomic E-state index is 12.2. The number of carbonyl (C=O) groups is 1. The van der Waals surface area contributed by atoms with Crippen molar-refractivity contribution in [2.24, 2.45) is 7.05 Å². The summed E-state index contributed by atoms with van der Waals surface area (Å²) in [7, 11) is 3.01. The van der Waals surface area contributed by atoms with Crippen molar-refractivity contribution in [1.29, 1.82) is 0 Å². The van der Waals surface area contributed by atoms with Gasteiger partial charge in [-0.3, -0.25) is 14.4 Å². The van der Waals surface area contributed by atoms with Crippen LogP contribution in [0.15, 0.2) is 29.1 Å². The monoisotopic (exact) mass is 446 g/mol. The fourth-order valence-electron chi connectivity index (χ4n) is 2.33. The van der Waals surface area contributed by atoms with E-state index in [2.05, 4.69) is 28.1 Å². The van der Waals surface area contributed by atoms with Gasteiger partial charge in [-0.15, -0.1) is 0 Å². The molecular formula is C16H16ClIN2O3. The lowest BCUT2D eigenvalue weighted by molar-refractivity contribution is 0.0535. The maximum Gasteiger partial charge on any atom is 0.276 e. The number of rotatable bonds is 4. The van der Waals surface area contributed by atoms with E-state index >= 15 is 0 Å². The van der Waals surface area contributed by atoms with Crippen molar-refractivity contribution in [3.05, 3.63) is 65.6 Å². The molecule has 0 atom stereocenters. The molecule has 0 fully saturated rings. The minimum absolute atomic E-state index is 0.143.